The third kappa shape index (κ3) is 1.38. The van der Waals surface area contributed by atoms with Crippen LogP contribution >= 0.6 is 22.7 Å². The van der Waals surface area contributed by atoms with E-state index in [0.29, 0.717) is 15.3 Å². The highest BCUT2D eigenvalue weighted by Gasteiger charge is 2.08. The molecule has 3 aromatic rings. The lowest BCUT2D eigenvalue weighted by atomic mass is 10.4. The Bertz CT molecular complexity index is 739. The largest absolute Gasteiger partial charge is 0.275 e. The van der Waals surface area contributed by atoms with Crippen LogP contribution < -0.4 is 10.1 Å². The van der Waals surface area contributed by atoms with Gasteiger partial charge in [-0.25, -0.2) is 4.40 Å². The van der Waals surface area contributed by atoms with E-state index in [9.17, 15) is 4.79 Å². The van der Waals surface area contributed by atoms with Gasteiger partial charge in [-0.2, -0.15) is 0 Å². The van der Waals surface area contributed by atoms with E-state index in [-0.39, 0.29) is 5.56 Å². The van der Waals surface area contributed by atoms with Gasteiger partial charge in [0.15, 0.2) is 0 Å². The number of aromatic nitrogens is 3. The highest BCUT2D eigenvalue weighted by atomic mass is 32.1. The molecule has 3 aromatic heterocycles. The standard InChI is InChI=1S/C10H7N3OS2/c1-6-11-12-10-13(6)9(14)8(16-10)5-7-3-2-4-15-7/h2-5H,1H3/b8-5-. The average Bonchev–Trinajstić information content (AvgIpc) is 2.92. The maximum atomic E-state index is 12.0. The topological polar surface area (TPSA) is 47.3 Å². The van der Waals surface area contributed by atoms with Crippen molar-refractivity contribution in [3.8, 4) is 0 Å². The lowest BCUT2D eigenvalue weighted by molar-refractivity contribution is 0.984. The zero-order valence-corrected chi connectivity index (χ0v) is 10.0. The number of thiazole rings is 1. The lowest BCUT2D eigenvalue weighted by Crippen LogP contribution is -2.23. The first-order valence-electron chi connectivity index (χ1n) is 4.65. The van der Waals surface area contributed by atoms with Gasteiger partial charge in [0.1, 0.15) is 5.82 Å². The fourth-order valence-corrected chi connectivity index (χ4v) is 3.17. The number of hydrogen-bond donors (Lipinski definition) is 0. The molecule has 80 valence electrons. The van der Waals surface area contributed by atoms with Crippen molar-refractivity contribution >= 4 is 33.7 Å². The Hall–Kier alpha value is -1.53. The average molecular weight is 249 g/mol. The van der Waals surface area contributed by atoms with Gasteiger partial charge >= 0.3 is 0 Å². The van der Waals surface area contributed by atoms with Crippen LogP contribution in [0.25, 0.3) is 11.0 Å². The molecular formula is C10H7N3OS2. The second kappa shape index (κ2) is 3.50. The van der Waals surface area contributed by atoms with E-state index in [1.165, 1.54) is 11.3 Å². The molecule has 0 unspecified atom stereocenters. The molecule has 0 amide bonds. The minimum Gasteiger partial charge on any atom is -0.267 e. The molecule has 0 fully saturated rings. The van der Waals surface area contributed by atoms with Crippen molar-refractivity contribution in [2.45, 2.75) is 6.92 Å². The SMILES string of the molecule is Cc1nnc2s/c(=C\c3cccs3)c(=O)n12. The molecule has 0 bridgehead atoms. The fraction of sp³-hybridized carbons (Fsp3) is 0.100. The van der Waals surface area contributed by atoms with E-state index in [2.05, 4.69) is 10.2 Å². The second-order valence-corrected chi connectivity index (χ2v) is 5.28. The van der Waals surface area contributed by atoms with E-state index in [1.54, 1.807) is 22.7 Å². The van der Waals surface area contributed by atoms with Gasteiger partial charge in [-0.15, -0.1) is 21.5 Å². The molecule has 0 saturated heterocycles. The summed E-state index contributed by atoms with van der Waals surface area (Å²) in [7, 11) is 0. The number of nitrogens with zero attached hydrogens (tertiary/aromatic N) is 3. The Morgan fingerprint density at radius 2 is 2.31 bits per heavy atom. The molecule has 0 aliphatic carbocycles. The molecule has 0 saturated carbocycles. The summed E-state index contributed by atoms with van der Waals surface area (Å²) in [6.45, 7) is 1.78. The van der Waals surface area contributed by atoms with Gasteiger partial charge in [-0.05, 0) is 24.4 Å². The number of fused-ring (bicyclic) bond motifs is 1. The summed E-state index contributed by atoms with van der Waals surface area (Å²) in [4.78, 5) is 13.7. The summed E-state index contributed by atoms with van der Waals surface area (Å²) in [5.74, 6) is 0.641. The summed E-state index contributed by atoms with van der Waals surface area (Å²) < 4.78 is 2.25. The summed E-state index contributed by atoms with van der Waals surface area (Å²) in [6, 6.07) is 3.95. The quantitative estimate of drug-likeness (QED) is 0.648. The van der Waals surface area contributed by atoms with Crippen LogP contribution in [-0.4, -0.2) is 14.6 Å². The minimum absolute atomic E-state index is 0.0316. The van der Waals surface area contributed by atoms with E-state index < -0.39 is 0 Å². The van der Waals surface area contributed by atoms with Crippen LogP contribution in [0.2, 0.25) is 0 Å². The van der Waals surface area contributed by atoms with Gasteiger partial charge in [0.05, 0.1) is 4.53 Å². The van der Waals surface area contributed by atoms with Gasteiger partial charge in [-0.3, -0.25) is 4.79 Å². The first-order chi connectivity index (χ1) is 7.75. The third-order valence-corrected chi connectivity index (χ3v) is 4.01. The monoisotopic (exact) mass is 249 g/mol. The van der Waals surface area contributed by atoms with Crippen molar-refractivity contribution in [3.05, 3.63) is 43.1 Å². The molecule has 3 rings (SSSR count). The predicted octanol–water partition coefficient (Wildman–Crippen LogP) is 1.07. The van der Waals surface area contributed by atoms with Crippen molar-refractivity contribution < 1.29 is 0 Å². The summed E-state index contributed by atoms with van der Waals surface area (Å²) in [5.41, 5.74) is -0.0316. The van der Waals surface area contributed by atoms with E-state index in [1.807, 2.05) is 23.6 Å². The summed E-state index contributed by atoms with van der Waals surface area (Å²) >= 11 is 2.98. The summed E-state index contributed by atoms with van der Waals surface area (Å²) in [5, 5.41) is 9.80. The van der Waals surface area contributed by atoms with E-state index in [0.717, 1.165) is 4.88 Å². The molecular weight excluding hydrogens is 242 g/mol. The van der Waals surface area contributed by atoms with Gasteiger partial charge in [0.25, 0.3) is 5.56 Å². The number of aryl methyl sites for hydroxylation is 1. The normalized spacial score (nSPS) is 12.7. The van der Waals surface area contributed by atoms with Crippen molar-refractivity contribution in [2.24, 2.45) is 0 Å². The number of hydrogen-bond acceptors (Lipinski definition) is 5. The molecule has 4 nitrogen and oxygen atoms in total. The molecule has 16 heavy (non-hydrogen) atoms. The van der Waals surface area contributed by atoms with Crippen LogP contribution in [0, 0.1) is 6.92 Å². The van der Waals surface area contributed by atoms with Crippen LogP contribution in [-0.2, 0) is 0 Å². The second-order valence-electron chi connectivity index (χ2n) is 3.30. The fourth-order valence-electron chi connectivity index (χ4n) is 1.49. The Kier molecular flexibility index (Phi) is 2.12. The maximum Gasteiger partial charge on any atom is 0.275 e. The van der Waals surface area contributed by atoms with Gasteiger partial charge in [0, 0.05) is 4.88 Å². The Morgan fingerprint density at radius 3 is 3.00 bits per heavy atom. The van der Waals surface area contributed by atoms with Crippen LogP contribution in [0.3, 0.4) is 0 Å². The highest BCUT2D eigenvalue weighted by molar-refractivity contribution is 7.15. The highest BCUT2D eigenvalue weighted by Crippen LogP contribution is 2.09. The van der Waals surface area contributed by atoms with Crippen molar-refractivity contribution in [1.82, 2.24) is 14.6 Å². The van der Waals surface area contributed by atoms with Gasteiger partial charge in [0.2, 0.25) is 4.96 Å². The molecule has 3 heterocycles. The third-order valence-electron chi connectivity index (χ3n) is 2.23. The van der Waals surface area contributed by atoms with Crippen molar-refractivity contribution in [1.29, 1.82) is 0 Å². The predicted molar refractivity (Wildman–Crippen MR) is 65.0 cm³/mol. The molecule has 0 aliphatic heterocycles. The molecule has 0 spiro atoms. The molecule has 0 atom stereocenters. The lowest BCUT2D eigenvalue weighted by Gasteiger charge is -1.80. The Morgan fingerprint density at radius 1 is 1.44 bits per heavy atom. The molecule has 0 radical (unpaired) electrons. The first kappa shape index (κ1) is 9.68. The minimum atomic E-state index is -0.0316. The zero-order chi connectivity index (χ0) is 11.1. The molecule has 0 N–H and O–H groups in total. The van der Waals surface area contributed by atoms with Crippen molar-refractivity contribution in [2.75, 3.05) is 0 Å². The van der Waals surface area contributed by atoms with Crippen LogP contribution in [0.1, 0.15) is 10.7 Å². The van der Waals surface area contributed by atoms with Gasteiger partial charge < -0.3 is 0 Å². The molecule has 6 heteroatoms. The Balaban J connectivity index is 2.33. The molecule has 0 aromatic carbocycles. The zero-order valence-electron chi connectivity index (χ0n) is 8.38. The molecule has 0 aliphatic rings. The Labute approximate surface area is 98.5 Å². The van der Waals surface area contributed by atoms with Crippen LogP contribution in [0.4, 0.5) is 0 Å². The first-order valence-corrected chi connectivity index (χ1v) is 6.35. The van der Waals surface area contributed by atoms with E-state index in [4.69, 9.17) is 0 Å². The van der Waals surface area contributed by atoms with Crippen LogP contribution in [0.15, 0.2) is 22.3 Å². The smallest absolute Gasteiger partial charge is 0.267 e. The van der Waals surface area contributed by atoms with Crippen molar-refractivity contribution in [3.63, 3.8) is 0 Å². The number of thiophene rings is 1. The van der Waals surface area contributed by atoms with Crippen LogP contribution in [0.5, 0.6) is 0 Å². The van der Waals surface area contributed by atoms with Gasteiger partial charge in [-0.1, -0.05) is 17.4 Å². The van der Waals surface area contributed by atoms with E-state index >= 15 is 0 Å². The summed E-state index contributed by atoms with van der Waals surface area (Å²) in [6.07, 6.45) is 1.89. The number of rotatable bonds is 1. The maximum absolute atomic E-state index is 12.0.